The number of ether oxygens (including phenoxy) is 2. The van der Waals surface area contributed by atoms with Gasteiger partial charge in [-0.3, -0.25) is 14.9 Å². The van der Waals surface area contributed by atoms with Gasteiger partial charge in [0, 0.05) is 24.6 Å². The highest BCUT2D eigenvalue weighted by Gasteiger charge is 2.31. The van der Waals surface area contributed by atoms with Crippen molar-refractivity contribution < 1.29 is 19.2 Å². The third-order valence-electron chi connectivity index (χ3n) is 5.05. The van der Waals surface area contributed by atoms with Gasteiger partial charge in [0.1, 0.15) is 12.0 Å². The molecule has 0 aromatic heterocycles. The van der Waals surface area contributed by atoms with E-state index < -0.39 is 4.92 Å². The molecule has 0 bridgehead atoms. The molecule has 7 nitrogen and oxygen atoms in total. The highest BCUT2D eigenvalue weighted by atomic mass is 16.6. The summed E-state index contributed by atoms with van der Waals surface area (Å²) in [5.41, 5.74) is 1.85. The first-order valence-electron chi connectivity index (χ1n) is 9.07. The predicted octanol–water partition coefficient (Wildman–Crippen LogP) is 3.91. The zero-order valence-electron chi connectivity index (χ0n) is 14.8. The fourth-order valence-electron chi connectivity index (χ4n) is 3.79. The summed E-state index contributed by atoms with van der Waals surface area (Å²) >= 11 is 0. The van der Waals surface area contributed by atoms with Crippen LogP contribution in [0.2, 0.25) is 0 Å². The Bertz CT molecular complexity index is 883. The lowest BCUT2D eigenvalue weighted by Gasteiger charge is -2.27. The largest absolute Gasteiger partial charge is 0.490 e. The van der Waals surface area contributed by atoms with Gasteiger partial charge in [0.2, 0.25) is 0 Å². The summed E-state index contributed by atoms with van der Waals surface area (Å²) in [6, 6.07) is 10.5. The number of hydrogen-bond donors (Lipinski definition) is 0. The van der Waals surface area contributed by atoms with Crippen molar-refractivity contribution in [2.75, 3.05) is 24.7 Å². The Morgan fingerprint density at radius 1 is 1.07 bits per heavy atom. The van der Waals surface area contributed by atoms with Crippen molar-refractivity contribution in [3.05, 3.63) is 57.6 Å². The molecule has 2 aliphatic heterocycles. The molecule has 1 fully saturated rings. The van der Waals surface area contributed by atoms with Gasteiger partial charge in [-0.2, -0.15) is 0 Å². The van der Waals surface area contributed by atoms with Crippen molar-refractivity contribution in [1.29, 1.82) is 0 Å². The first-order valence-corrected chi connectivity index (χ1v) is 9.07. The summed E-state index contributed by atoms with van der Waals surface area (Å²) in [7, 11) is 0. The van der Waals surface area contributed by atoms with Crippen LogP contribution in [0, 0.1) is 10.1 Å². The summed E-state index contributed by atoms with van der Waals surface area (Å²) in [6.45, 7) is 1.97. The summed E-state index contributed by atoms with van der Waals surface area (Å²) < 4.78 is 11.5. The van der Waals surface area contributed by atoms with Gasteiger partial charge in [0.15, 0.2) is 11.5 Å². The molecule has 2 aromatic rings. The van der Waals surface area contributed by atoms with Crippen LogP contribution in [-0.4, -0.2) is 31.0 Å². The van der Waals surface area contributed by atoms with E-state index in [0.29, 0.717) is 30.8 Å². The summed E-state index contributed by atoms with van der Waals surface area (Å²) in [5, 5.41) is 11.5. The first kappa shape index (κ1) is 17.3. The van der Waals surface area contributed by atoms with Crippen LogP contribution in [0.4, 0.5) is 11.4 Å². The molecule has 1 saturated heterocycles. The second kappa shape index (κ2) is 7.26. The smallest absolute Gasteiger partial charge is 0.293 e. The van der Waals surface area contributed by atoms with Crippen molar-refractivity contribution in [3.63, 3.8) is 0 Å². The number of fused-ring (bicyclic) bond motifs is 1. The van der Waals surface area contributed by atoms with Crippen LogP contribution in [0.25, 0.3) is 0 Å². The van der Waals surface area contributed by atoms with Gasteiger partial charge in [-0.1, -0.05) is 6.07 Å². The molecule has 0 aliphatic carbocycles. The summed E-state index contributed by atoms with van der Waals surface area (Å²) in [4.78, 5) is 24.2. The SMILES string of the molecule is O=Cc1ccc(N2CCC[C@@H]2c2ccc3c(c2)OCCCO3)c([N+](=O)[O-])c1. The monoisotopic (exact) mass is 368 g/mol. The molecule has 0 N–H and O–H groups in total. The number of benzene rings is 2. The third-order valence-corrected chi connectivity index (χ3v) is 5.05. The lowest BCUT2D eigenvalue weighted by Crippen LogP contribution is -2.23. The highest BCUT2D eigenvalue weighted by Crippen LogP contribution is 2.42. The number of hydrogen-bond acceptors (Lipinski definition) is 6. The highest BCUT2D eigenvalue weighted by molar-refractivity contribution is 5.80. The Labute approximate surface area is 156 Å². The molecule has 2 aliphatic rings. The Morgan fingerprint density at radius 2 is 1.89 bits per heavy atom. The topological polar surface area (TPSA) is 81.9 Å². The molecule has 0 spiro atoms. The number of nitrogens with zero attached hydrogens (tertiary/aromatic N) is 2. The molecular formula is C20H20N2O5. The van der Waals surface area contributed by atoms with Gasteiger partial charge in [-0.05, 0) is 42.7 Å². The van der Waals surface area contributed by atoms with Crippen molar-refractivity contribution >= 4 is 17.7 Å². The number of nitro benzene ring substituents is 1. The van der Waals surface area contributed by atoms with Gasteiger partial charge in [-0.25, -0.2) is 0 Å². The molecule has 4 rings (SSSR count). The van der Waals surface area contributed by atoms with E-state index in [2.05, 4.69) is 0 Å². The van der Waals surface area contributed by atoms with Crippen LogP contribution in [0.1, 0.15) is 41.2 Å². The average Bonchev–Trinajstić information content (AvgIpc) is 3.05. The van der Waals surface area contributed by atoms with Crippen LogP contribution in [0.3, 0.4) is 0 Å². The van der Waals surface area contributed by atoms with Crippen LogP contribution in [-0.2, 0) is 0 Å². The molecule has 2 heterocycles. The molecule has 2 aromatic carbocycles. The molecule has 0 saturated carbocycles. The van der Waals surface area contributed by atoms with Gasteiger partial charge < -0.3 is 14.4 Å². The Hall–Kier alpha value is -3.09. The van der Waals surface area contributed by atoms with E-state index in [1.165, 1.54) is 6.07 Å². The molecular weight excluding hydrogens is 348 g/mol. The number of nitro groups is 1. The van der Waals surface area contributed by atoms with E-state index in [9.17, 15) is 14.9 Å². The maximum Gasteiger partial charge on any atom is 0.293 e. The van der Waals surface area contributed by atoms with Gasteiger partial charge in [0.25, 0.3) is 5.69 Å². The minimum Gasteiger partial charge on any atom is -0.490 e. The second-order valence-electron chi connectivity index (χ2n) is 6.73. The zero-order chi connectivity index (χ0) is 18.8. The number of aldehydes is 1. The maximum absolute atomic E-state index is 11.5. The third kappa shape index (κ3) is 3.32. The van der Waals surface area contributed by atoms with Crippen LogP contribution < -0.4 is 14.4 Å². The average molecular weight is 368 g/mol. The Balaban J connectivity index is 1.70. The normalized spacial score (nSPS) is 18.8. The van der Waals surface area contributed by atoms with E-state index in [1.54, 1.807) is 12.1 Å². The molecule has 1 atom stereocenters. The van der Waals surface area contributed by atoms with Gasteiger partial charge in [0.05, 0.1) is 24.2 Å². The molecule has 0 amide bonds. The fourth-order valence-corrected chi connectivity index (χ4v) is 3.79. The molecule has 140 valence electrons. The first-order chi connectivity index (χ1) is 13.2. The van der Waals surface area contributed by atoms with E-state index in [-0.39, 0.29) is 11.7 Å². The minimum absolute atomic E-state index is 0.0166. The summed E-state index contributed by atoms with van der Waals surface area (Å²) in [6.07, 6.45) is 3.30. The van der Waals surface area contributed by atoms with Crippen molar-refractivity contribution in [3.8, 4) is 11.5 Å². The predicted molar refractivity (Wildman–Crippen MR) is 99.9 cm³/mol. The maximum atomic E-state index is 11.5. The molecule has 0 radical (unpaired) electrons. The van der Waals surface area contributed by atoms with Crippen LogP contribution in [0.5, 0.6) is 11.5 Å². The van der Waals surface area contributed by atoms with Gasteiger partial charge in [-0.15, -0.1) is 0 Å². The summed E-state index contributed by atoms with van der Waals surface area (Å²) in [5.74, 6) is 1.46. The van der Waals surface area contributed by atoms with Crippen molar-refractivity contribution in [2.24, 2.45) is 0 Å². The quantitative estimate of drug-likeness (QED) is 0.462. The standard InChI is InChI=1S/C20H20N2O5/c23-13-14-4-6-17(18(11-14)22(24)25)21-8-1-3-16(21)15-5-7-19-20(12-15)27-10-2-9-26-19/h4-7,11-13,16H,1-3,8-10H2/t16-/m1/s1. The molecule has 7 heteroatoms. The molecule has 27 heavy (non-hydrogen) atoms. The van der Waals surface area contributed by atoms with E-state index in [4.69, 9.17) is 9.47 Å². The lowest BCUT2D eigenvalue weighted by atomic mass is 10.0. The van der Waals surface area contributed by atoms with E-state index >= 15 is 0 Å². The number of carbonyl (C=O) groups excluding carboxylic acids is 1. The lowest BCUT2D eigenvalue weighted by molar-refractivity contribution is -0.384. The number of anilines is 1. The number of rotatable bonds is 4. The van der Waals surface area contributed by atoms with Crippen LogP contribution in [0.15, 0.2) is 36.4 Å². The van der Waals surface area contributed by atoms with Crippen molar-refractivity contribution in [1.82, 2.24) is 0 Å². The van der Waals surface area contributed by atoms with Crippen molar-refractivity contribution in [2.45, 2.75) is 25.3 Å². The second-order valence-corrected chi connectivity index (χ2v) is 6.73. The van der Waals surface area contributed by atoms with Gasteiger partial charge >= 0.3 is 0 Å². The fraction of sp³-hybridized carbons (Fsp3) is 0.350. The van der Waals surface area contributed by atoms with E-state index in [0.717, 1.165) is 42.9 Å². The zero-order valence-corrected chi connectivity index (χ0v) is 14.8. The Kier molecular flexibility index (Phi) is 4.66. The van der Waals surface area contributed by atoms with E-state index in [1.807, 2.05) is 23.1 Å². The van der Waals surface area contributed by atoms with Crippen LogP contribution >= 0.6 is 0 Å². The number of carbonyl (C=O) groups is 1. The molecule has 0 unspecified atom stereocenters. The minimum atomic E-state index is -0.425. The Morgan fingerprint density at radius 3 is 2.67 bits per heavy atom.